The second kappa shape index (κ2) is 34.3. The normalized spacial score (nSPS) is 14.0. The summed E-state index contributed by atoms with van der Waals surface area (Å²) in [5, 5.41) is 0. The van der Waals surface area contributed by atoms with E-state index in [1.165, 1.54) is 89.9 Å². The zero-order chi connectivity index (χ0) is 33.1. The van der Waals surface area contributed by atoms with E-state index in [0.29, 0.717) is 13.0 Å². The van der Waals surface area contributed by atoms with Gasteiger partial charge in [0.25, 0.3) is 0 Å². The lowest BCUT2D eigenvalue weighted by Gasteiger charge is -2.20. The van der Waals surface area contributed by atoms with Crippen molar-refractivity contribution in [1.29, 1.82) is 0 Å². The lowest BCUT2D eigenvalue weighted by atomic mass is 10.1. The Kier molecular flexibility index (Phi) is 33.5. The van der Waals surface area contributed by atoms with Crippen molar-refractivity contribution in [2.45, 2.75) is 168 Å². The van der Waals surface area contributed by atoms with E-state index in [4.69, 9.17) is 24.3 Å². The topological polar surface area (TPSA) is 117 Å². The van der Waals surface area contributed by atoms with Crippen molar-refractivity contribution < 1.29 is 32.8 Å². The van der Waals surface area contributed by atoms with Gasteiger partial charge in [0.15, 0.2) is 0 Å². The number of rotatable bonds is 35. The van der Waals surface area contributed by atoms with Gasteiger partial charge >= 0.3 is 13.8 Å². The lowest BCUT2D eigenvalue weighted by Crippen LogP contribution is -2.28. The molecule has 0 aromatic carbocycles. The fraction of sp³-hybridized carbons (Fsp3) is 0.861. The highest BCUT2D eigenvalue weighted by Gasteiger charge is 2.25. The van der Waals surface area contributed by atoms with Gasteiger partial charge < -0.3 is 20.1 Å². The molecule has 0 amide bonds. The predicted molar refractivity (Wildman–Crippen MR) is 187 cm³/mol. The van der Waals surface area contributed by atoms with Gasteiger partial charge in [0.2, 0.25) is 0 Å². The molecular formula is C36H70NO7P. The second-order valence-electron chi connectivity index (χ2n) is 12.1. The highest BCUT2D eigenvalue weighted by Crippen LogP contribution is 2.43. The maximum atomic E-state index is 12.5. The van der Waals surface area contributed by atoms with Crippen molar-refractivity contribution in [2.24, 2.45) is 5.73 Å². The summed E-state index contributed by atoms with van der Waals surface area (Å²) < 4.78 is 33.2. The Morgan fingerprint density at radius 2 is 1.16 bits per heavy atom. The number of hydrogen-bond acceptors (Lipinski definition) is 7. The number of nitrogens with two attached hydrogens (primary N) is 1. The van der Waals surface area contributed by atoms with Gasteiger partial charge in [-0.05, 0) is 57.8 Å². The van der Waals surface area contributed by atoms with E-state index in [0.717, 1.165) is 51.4 Å². The maximum Gasteiger partial charge on any atom is 0.472 e. The van der Waals surface area contributed by atoms with Crippen LogP contribution in [0, 0.1) is 0 Å². The smallest absolute Gasteiger partial charge is 0.457 e. The molecule has 0 heterocycles. The molecule has 8 nitrogen and oxygen atoms in total. The summed E-state index contributed by atoms with van der Waals surface area (Å²) in [7, 11) is -4.27. The predicted octanol–water partition coefficient (Wildman–Crippen LogP) is 10.1. The van der Waals surface area contributed by atoms with Crippen LogP contribution in [0.4, 0.5) is 0 Å². The van der Waals surface area contributed by atoms with Crippen molar-refractivity contribution in [3.8, 4) is 0 Å². The molecule has 0 aromatic rings. The van der Waals surface area contributed by atoms with Crippen LogP contribution in [0.5, 0.6) is 0 Å². The van der Waals surface area contributed by atoms with Gasteiger partial charge in [0.05, 0.1) is 19.8 Å². The van der Waals surface area contributed by atoms with Crippen LogP contribution in [-0.2, 0) is 27.9 Å². The molecule has 2 unspecified atom stereocenters. The van der Waals surface area contributed by atoms with Crippen LogP contribution in [0.25, 0.3) is 0 Å². The molecule has 2 atom stereocenters. The third-order valence-corrected chi connectivity index (χ3v) is 8.56. The first kappa shape index (κ1) is 44.0. The SMILES string of the molecule is CCC/C=C\CCCCCCCC(=O)OC(COCCCCCCCC/C=C\CCCCCCCC)COP(=O)(O)OCCN. The molecule has 0 aliphatic heterocycles. The molecule has 9 heteroatoms. The number of phosphoric acid groups is 1. The zero-order valence-electron chi connectivity index (χ0n) is 29.1. The van der Waals surface area contributed by atoms with Crippen LogP contribution in [0.1, 0.15) is 162 Å². The number of carbonyl (C=O) groups excluding carboxylic acids is 1. The van der Waals surface area contributed by atoms with Crippen molar-refractivity contribution in [2.75, 3.05) is 33.0 Å². The zero-order valence-corrected chi connectivity index (χ0v) is 30.0. The average Bonchev–Trinajstić information content (AvgIpc) is 3.02. The number of phosphoric ester groups is 1. The van der Waals surface area contributed by atoms with E-state index in [-0.39, 0.29) is 32.3 Å². The summed E-state index contributed by atoms with van der Waals surface area (Å²) >= 11 is 0. The molecule has 0 radical (unpaired) electrons. The molecule has 0 aliphatic carbocycles. The first-order valence-corrected chi connectivity index (χ1v) is 19.8. The van der Waals surface area contributed by atoms with Crippen LogP contribution in [0.15, 0.2) is 24.3 Å². The number of unbranched alkanes of at least 4 members (excludes halogenated alkanes) is 18. The minimum Gasteiger partial charge on any atom is -0.457 e. The number of hydrogen-bond donors (Lipinski definition) is 2. The maximum absolute atomic E-state index is 12.5. The number of ether oxygens (including phenoxy) is 2. The Morgan fingerprint density at radius 1 is 0.644 bits per heavy atom. The monoisotopic (exact) mass is 659 g/mol. The van der Waals surface area contributed by atoms with Crippen LogP contribution >= 0.6 is 7.82 Å². The van der Waals surface area contributed by atoms with Crippen molar-refractivity contribution >= 4 is 13.8 Å². The van der Waals surface area contributed by atoms with E-state index < -0.39 is 13.9 Å². The fourth-order valence-corrected chi connectivity index (χ4v) is 5.64. The molecule has 0 bridgehead atoms. The largest absolute Gasteiger partial charge is 0.472 e. The summed E-state index contributed by atoms with van der Waals surface area (Å²) in [5.41, 5.74) is 5.34. The lowest BCUT2D eigenvalue weighted by molar-refractivity contribution is -0.154. The van der Waals surface area contributed by atoms with Crippen molar-refractivity contribution in [1.82, 2.24) is 0 Å². The Hall–Kier alpha value is -1.02. The minimum absolute atomic E-state index is 0.0975. The Bertz CT molecular complexity index is 747. The fourth-order valence-electron chi connectivity index (χ4n) is 4.87. The van der Waals surface area contributed by atoms with Gasteiger partial charge in [-0.3, -0.25) is 13.8 Å². The Balaban J connectivity index is 4.08. The molecular weight excluding hydrogens is 589 g/mol. The van der Waals surface area contributed by atoms with Crippen molar-refractivity contribution in [3.05, 3.63) is 24.3 Å². The first-order valence-electron chi connectivity index (χ1n) is 18.3. The molecule has 0 saturated heterocycles. The summed E-state index contributed by atoms with van der Waals surface area (Å²) in [6.45, 7) is 4.82. The molecule has 0 fully saturated rings. The van der Waals surface area contributed by atoms with E-state index in [2.05, 4.69) is 38.2 Å². The van der Waals surface area contributed by atoms with Gasteiger partial charge in [-0.2, -0.15) is 0 Å². The minimum atomic E-state index is -4.27. The average molecular weight is 660 g/mol. The third-order valence-electron chi connectivity index (χ3n) is 7.57. The summed E-state index contributed by atoms with van der Waals surface area (Å²) in [4.78, 5) is 22.3. The van der Waals surface area contributed by atoms with E-state index in [9.17, 15) is 14.3 Å². The van der Waals surface area contributed by atoms with Crippen LogP contribution in [0.2, 0.25) is 0 Å². The molecule has 0 aromatic heterocycles. The van der Waals surface area contributed by atoms with Gasteiger partial charge in [0.1, 0.15) is 6.10 Å². The number of carbonyl (C=O) groups is 1. The van der Waals surface area contributed by atoms with Gasteiger partial charge in [-0.15, -0.1) is 0 Å². The quantitative estimate of drug-likeness (QED) is 0.0299. The van der Waals surface area contributed by atoms with E-state index in [1.807, 2.05) is 0 Å². The second-order valence-corrected chi connectivity index (χ2v) is 13.5. The Morgan fingerprint density at radius 3 is 1.71 bits per heavy atom. The number of esters is 1. The molecule has 0 rings (SSSR count). The van der Waals surface area contributed by atoms with Crippen LogP contribution in [0.3, 0.4) is 0 Å². The first-order chi connectivity index (χ1) is 21.9. The molecule has 3 N–H and O–H groups in total. The molecule has 0 saturated carbocycles. The van der Waals surface area contributed by atoms with Gasteiger partial charge in [0, 0.05) is 19.6 Å². The summed E-state index contributed by atoms with van der Waals surface area (Å²) in [6.07, 6.45) is 34.8. The Labute approximate surface area is 276 Å². The van der Waals surface area contributed by atoms with Crippen LogP contribution in [-0.4, -0.2) is 49.9 Å². The standard InChI is InChI=1S/C36H70NO7P/c1-3-5-7-9-11-13-15-16-17-18-19-20-22-24-26-28-31-41-33-35(34-43-45(39,40)42-32-30-37)44-36(38)29-27-25-23-21-14-12-10-8-6-4-2/h8,10,16-17,35H,3-7,9,11-15,18-34,37H2,1-2H3,(H,39,40)/b10-8-,17-16-. The number of allylic oxidation sites excluding steroid dienone is 4. The third kappa shape index (κ3) is 34.1. The van der Waals surface area contributed by atoms with Gasteiger partial charge in [-0.25, -0.2) is 4.57 Å². The van der Waals surface area contributed by atoms with E-state index >= 15 is 0 Å². The van der Waals surface area contributed by atoms with E-state index in [1.54, 1.807) is 0 Å². The van der Waals surface area contributed by atoms with Gasteiger partial charge in [-0.1, -0.05) is 122 Å². The van der Waals surface area contributed by atoms with Crippen LogP contribution < -0.4 is 5.73 Å². The highest BCUT2D eigenvalue weighted by molar-refractivity contribution is 7.47. The summed E-state index contributed by atoms with van der Waals surface area (Å²) in [5.74, 6) is -0.345. The van der Waals surface area contributed by atoms with Crippen molar-refractivity contribution in [3.63, 3.8) is 0 Å². The molecule has 266 valence electrons. The molecule has 0 spiro atoms. The summed E-state index contributed by atoms with van der Waals surface area (Å²) in [6, 6.07) is 0. The highest BCUT2D eigenvalue weighted by atomic mass is 31.2. The molecule has 45 heavy (non-hydrogen) atoms. The molecule has 0 aliphatic rings.